The maximum absolute atomic E-state index is 5.84. The lowest BCUT2D eigenvalue weighted by atomic mass is 9.94. The first-order valence-corrected chi connectivity index (χ1v) is 11.2. The zero-order valence-electron chi connectivity index (χ0n) is 21.0. The molecule has 0 spiro atoms. The summed E-state index contributed by atoms with van der Waals surface area (Å²) in [5.41, 5.74) is -1.33. The van der Waals surface area contributed by atoms with Gasteiger partial charge in [-0.05, 0) is 106 Å². The van der Waals surface area contributed by atoms with E-state index >= 15 is 0 Å². The van der Waals surface area contributed by atoms with Gasteiger partial charge in [-0.2, -0.15) is 0 Å². The zero-order chi connectivity index (χ0) is 22.2. The van der Waals surface area contributed by atoms with Gasteiger partial charge < -0.3 is 0 Å². The summed E-state index contributed by atoms with van der Waals surface area (Å²) in [5.74, 6) is 1.33. The highest BCUT2D eigenvalue weighted by Gasteiger charge is 2.32. The second kappa shape index (κ2) is 11.3. The number of hydrogen-bond donors (Lipinski definition) is 0. The van der Waals surface area contributed by atoms with E-state index in [1.807, 2.05) is 0 Å². The van der Waals surface area contributed by atoms with Crippen molar-refractivity contribution in [1.29, 1.82) is 0 Å². The van der Waals surface area contributed by atoms with E-state index in [2.05, 4.69) is 83.1 Å². The molecule has 0 rings (SSSR count). The summed E-state index contributed by atoms with van der Waals surface area (Å²) >= 11 is 0. The highest BCUT2D eigenvalue weighted by atomic mass is 17.2. The zero-order valence-corrected chi connectivity index (χ0v) is 21.0. The molecule has 4 heteroatoms. The van der Waals surface area contributed by atoms with Crippen LogP contribution in [-0.4, -0.2) is 22.4 Å². The maximum Gasteiger partial charge on any atom is 0.0981 e. The number of rotatable bonds is 15. The minimum atomic E-state index is -0.386. The molecule has 0 radical (unpaired) electrons. The van der Waals surface area contributed by atoms with Crippen molar-refractivity contribution in [3.63, 3.8) is 0 Å². The first kappa shape index (κ1) is 27.8. The molecular weight excluding hydrogens is 352 g/mol. The van der Waals surface area contributed by atoms with Gasteiger partial charge in [0.25, 0.3) is 0 Å². The van der Waals surface area contributed by atoms with E-state index in [4.69, 9.17) is 19.6 Å². The van der Waals surface area contributed by atoms with Crippen LogP contribution in [0.3, 0.4) is 0 Å². The van der Waals surface area contributed by atoms with Gasteiger partial charge in [0.2, 0.25) is 0 Å². The average Bonchev–Trinajstić information content (AvgIpc) is 2.54. The minimum Gasteiger partial charge on any atom is -0.230 e. The maximum atomic E-state index is 5.84. The smallest absolute Gasteiger partial charge is 0.0981 e. The molecule has 0 heterocycles. The Kier molecular flexibility index (Phi) is 11.2. The van der Waals surface area contributed by atoms with Crippen LogP contribution in [0.1, 0.15) is 122 Å². The summed E-state index contributed by atoms with van der Waals surface area (Å²) in [7, 11) is 0. The van der Waals surface area contributed by atoms with Crippen molar-refractivity contribution < 1.29 is 19.6 Å². The van der Waals surface area contributed by atoms with Crippen LogP contribution in [0, 0.1) is 11.8 Å². The van der Waals surface area contributed by atoms with Crippen molar-refractivity contribution in [3.05, 3.63) is 0 Å². The summed E-state index contributed by atoms with van der Waals surface area (Å²) in [6.07, 6.45) is 5.85. The molecule has 28 heavy (non-hydrogen) atoms. The Balaban J connectivity index is 4.42. The standard InChI is InChI=1S/C24H50O4/c1-19(2)13-15-21(5,6)25-27-23(9,10)17-18-24(11,12)28-26-22(7,8)16-14-20(3)4/h19-20H,13-18H2,1-12H3. The molecule has 0 aliphatic carbocycles. The van der Waals surface area contributed by atoms with E-state index in [0.29, 0.717) is 11.8 Å². The molecule has 0 N–H and O–H groups in total. The lowest BCUT2D eigenvalue weighted by Crippen LogP contribution is -2.37. The first-order valence-electron chi connectivity index (χ1n) is 11.2. The fourth-order valence-electron chi connectivity index (χ4n) is 2.49. The summed E-state index contributed by atoms with van der Waals surface area (Å²) in [6, 6.07) is 0. The highest BCUT2D eigenvalue weighted by Crippen LogP contribution is 2.30. The normalized spacial score (nSPS) is 14.4. The summed E-state index contributed by atoms with van der Waals surface area (Å²) < 4.78 is 0. The average molecular weight is 403 g/mol. The fraction of sp³-hybridized carbons (Fsp3) is 1.00. The van der Waals surface area contributed by atoms with Gasteiger partial charge in [-0.3, -0.25) is 0 Å². The van der Waals surface area contributed by atoms with Crippen LogP contribution in [0.4, 0.5) is 0 Å². The Labute approximate surface area is 175 Å². The van der Waals surface area contributed by atoms with E-state index < -0.39 is 0 Å². The van der Waals surface area contributed by atoms with E-state index in [0.717, 1.165) is 38.5 Å². The second-order valence-corrected chi connectivity index (χ2v) is 11.7. The molecular formula is C24H50O4. The van der Waals surface area contributed by atoms with Gasteiger partial charge in [-0.15, -0.1) is 0 Å². The van der Waals surface area contributed by atoms with Crippen molar-refractivity contribution in [1.82, 2.24) is 0 Å². The molecule has 0 atom stereocenters. The van der Waals surface area contributed by atoms with Crippen LogP contribution in [0.5, 0.6) is 0 Å². The van der Waals surface area contributed by atoms with E-state index in [9.17, 15) is 0 Å². The van der Waals surface area contributed by atoms with Gasteiger partial charge in [-0.1, -0.05) is 27.7 Å². The molecule has 0 unspecified atom stereocenters. The second-order valence-electron chi connectivity index (χ2n) is 11.7. The summed E-state index contributed by atoms with van der Waals surface area (Å²) in [5, 5.41) is 0. The van der Waals surface area contributed by atoms with Crippen molar-refractivity contribution in [2.75, 3.05) is 0 Å². The minimum absolute atomic E-state index is 0.281. The largest absolute Gasteiger partial charge is 0.230 e. The van der Waals surface area contributed by atoms with Crippen molar-refractivity contribution in [2.45, 2.75) is 144 Å². The van der Waals surface area contributed by atoms with Crippen LogP contribution in [0.25, 0.3) is 0 Å². The molecule has 0 bridgehead atoms. The molecule has 0 aromatic carbocycles. The van der Waals surface area contributed by atoms with Crippen molar-refractivity contribution in [2.24, 2.45) is 11.8 Å². The molecule has 0 aromatic rings. The lowest BCUT2D eigenvalue weighted by Gasteiger charge is -2.34. The van der Waals surface area contributed by atoms with E-state index in [1.54, 1.807) is 0 Å². The molecule has 170 valence electrons. The van der Waals surface area contributed by atoms with Crippen molar-refractivity contribution >= 4 is 0 Å². The third-order valence-corrected chi connectivity index (χ3v) is 4.96. The topological polar surface area (TPSA) is 36.9 Å². The van der Waals surface area contributed by atoms with Gasteiger partial charge in [0, 0.05) is 0 Å². The van der Waals surface area contributed by atoms with Gasteiger partial charge in [-0.25, -0.2) is 19.6 Å². The quantitative estimate of drug-likeness (QED) is 0.208. The lowest BCUT2D eigenvalue weighted by molar-refractivity contribution is -0.414. The Morgan fingerprint density at radius 2 is 0.643 bits per heavy atom. The summed E-state index contributed by atoms with van der Waals surface area (Å²) in [4.78, 5) is 23.3. The van der Waals surface area contributed by atoms with Gasteiger partial charge in [0.05, 0.1) is 22.4 Å². The van der Waals surface area contributed by atoms with Crippen molar-refractivity contribution in [3.8, 4) is 0 Å². The van der Waals surface area contributed by atoms with Gasteiger partial charge >= 0.3 is 0 Å². The highest BCUT2D eigenvalue weighted by molar-refractivity contribution is 4.76. The van der Waals surface area contributed by atoms with Crippen LogP contribution < -0.4 is 0 Å². The number of hydrogen-bond acceptors (Lipinski definition) is 4. The van der Waals surface area contributed by atoms with Crippen LogP contribution in [0.15, 0.2) is 0 Å². The predicted molar refractivity (Wildman–Crippen MR) is 118 cm³/mol. The molecule has 0 saturated carbocycles. The third kappa shape index (κ3) is 14.8. The predicted octanol–water partition coefficient (Wildman–Crippen LogP) is 7.65. The monoisotopic (exact) mass is 402 g/mol. The molecule has 0 aliphatic rings. The summed E-state index contributed by atoms with van der Waals surface area (Å²) in [6.45, 7) is 25.5. The SMILES string of the molecule is CC(C)CCC(C)(C)OOC(C)(C)CCC(C)(C)OOC(C)(C)CCC(C)C. The van der Waals surface area contributed by atoms with E-state index in [1.165, 1.54) is 0 Å². The molecule has 0 aliphatic heterocycles. The van der Waals surface area contributed by atoms with Gasteiger partial charge in [0.15, 0.2) is 0 Å². The Morgan fingerprint density at radius 1 is 0.429 bits per heavy atom. The Bertz CT molecular complexity index is 382. The third-order valence-electron chi connectivity index (χ3n) is 4.96. The Hall–Kier alpha value is -0.160. The van der Waals surface area contributed by atoms with Crippen LogP contribution >= 0.6 is 0 Å². The van der Waals surface area contributed by atoms with Crippen LogP contribution in [0.2, 0.25) is 0 Å². The molecule has 4 nitrogen and oxygen atoms in total. The van der Waals surface area contributed by atoms with Crippen LogP contribution in [-0.2, 0) is 19.6 Å². The van der Waals surface area contributed by atoms with Gasteiger partial charge in [0.1, 0.15) is 0 Å². The molecule has 0 saturated heterocycles. The fourth-order valence-corrected chi connectivity index (χ4v) is 2.49. The molecule has 0 aromatic heterocycles. The first-order chi connectivity index (χ1) is 12.5. The molecule has 0 amide bonds. The molecule has 0 fully saturated rings. The van der Waals surface area contributed by atoms with E-state index in [-0.39, 0.29) is 22.4 Å². The Morgan fingerprint density at radius 3 is 0.857 bits per heavy atom.